The van der Waals surface area contributed by atoms with E-state index in [1.165, 1.54) is 0 Å². The van der Waals surface area contributed by atoms with Crippen molar-refractivity contribution in [1.82, 2.24) is 0 Å². The van der Waals surface area contributed by atoms with Crippen molar-refractivity contribution in [1.29, 1.82) is 0 Å². The van der Waals surface area contributed by atoms with Crippen LogP contribution in [0.2, 0.25) is 0 Å². The molecule has 0 aromatic carbocycles. The SMILES string of the molecule is [CH-]=C1C(=O)C(C)=C(CCC)C1(C)OC.[Cl][Pd+]. The standard InChI is InChI=1S/C12H17O2.ClH.Pd/c1-6-7-10-8(2)11(13)9(3)12(10,4)14-5;;/h3H,6-7H2,1-2,4-5H3;1H;/q-1;;+2/p-1. The predicted molar refractivity (Wildman–Crippen MR) is 61.7 cm³/mol. The molecule has 94 valence electrons. The van der Waals surface area contributed by atoms with Gasteiger partial charge >= 0.3 is 27.7 Å². The van der Waals surface area contributed by atoms with Crippen molar-refractivity contribution in [3.05, 3.63) is 23.3 Å². The zero-order chi connectivity index (χ0) is 12.9. The third-order valence-electron chi connectivity index (χ3n) is 3.04. The molecule has 1 aliphatic rings. The first-order valence-electron chi connectivity index (χ1n) is 5.04. The molecule has 0 fully saturated rings. The second kappa shape index (κ2) is 6.71. The van der Waals surface area contributed by atoms with Gasteiger partial charge in [0, 0.05) is 12.9 Å². The molecule has 0 saturated carbocycles. The van der Waals surface area contributed by atoms with Crippen LogP contribution in [0.25, 0.3) is 0 Å². The third kappa shape index (κ3) is 2.65. The van der Waals surface area contributed by atoms with Gasteiger partial charge in [0.25, 0.3) is 0 Å². The van der Waals surface area contributed by atoms with Gasteiger partial charge in [0.05, 0.1) is 5.60 Å². The molecule has 1 unspecified atom stereocenters. The summed E-state index contributed by atoms with van der Waals surface area (Å²) < 4.78 is 5.38. The summed E-state index contributed by atoms with van der Waals surface area (Å²) in [6.07, 6.45) is 1.86. The second-order valence-corrected chi connectivity index (χ2v) is 3.83. The summed E-state index contributed by atoms with van der Waals surface area (Å²) in [4.78, 5) is 11.7. The first-order valence-corrected chi connectivity index (χ1v) is 7.04. The topological polar surface area (TPSA) is 26.3 Å². The summed E-state index contributed by atoms with van der Waals surface area (Å²) in [7, 11) is 6.08. The summed E-state index contributed by atoms with van der Waals surface area (Å²) in [6, 6.07) is 0. The zero-order valence-corrected chi connectivity index (χ0v) is 12.3. The van der Waals surface area contributed by atoms with Crippen molar-refractivity contribution in [3.63, 3.8) is 0 Å². The number of halogens is 1. The van der Waals surface area contributed by atoms with Gasteiger partial charge < -0.3 is 9.53 Å². The van der Waals surface area contributed by atoms with Crippen molar-refractivity contribution in [3.8, 4) is 0 Å². The summed E-state index contributed by atoms with van der Waals surface area (Å²) in [5.41, 5.74) is 1.44. The molecule has 0 amide bonds. The molecule has 0 saturated heterocycles. The van der Waals surface area contributed by atoms with Crippen LogP contribution < -0.4 is 0 Å². The Labute approximate surface area is 112 Å². The van der Waals surface area contributed by atoms with Gasteiger partial charge in [-0.15, -0.1) is 5.57 Å². The van der Waals surface area contributed by atoms with E-state index in [1.807, 2.05) is 13.8 Å². The van der Waals surface area contributed by atoms with Crippen molar-refractivity contribution in [2.75, 3.05) is 7.11 Å². The van der Waals surface area contributed by atoms with Crippen LogP contribution in [0.3, 0.4) is 0 Å². The average Bonchev–Trinajstić information content (AvgIpc) is 2.48. The minimum atomic E-state index is -0.669. The fraction of sp³-hybridized carbons (Fsp3) is 0.583. The molecule has 0 N–H and O–H groups in total. The molecule has 2 nitrogen and oxygen atoms in total. The minimum absolute atomic E-state index is 0.0576. The maximum absolute atomic E-state index is 11.7. The molecular formula is C12H17ClO2Pd. The van der Waals surface area contributed by atoms with Crippen molar-refractivity contribution in [2.45, 2.75) is 39.2 Å². The fourth-order valence-electron chi connectivity index (χ4n) is 1.99. The Kier molecular flexibility index (Phi) is 6.74. The monoisotopic (exact) mass is 334 g/mol. The van der Waals surface area contributed by atoms with Gasteiger partial charge in [-0.1, -0.05) is 25.8 Å². The van der Waals surface area contributed by atoms with Gasteiger partial charge in [0.1, 0.15) is 0 Å². The number of ketones is 1. The molecule has 0 aromatic heterocycles. The second-order valence-electron chi connectivity index (χ2n) is 3.83. The first kappa shape index (κ1) is 16.1. The predicted octanol–water partition coefficient (Wildman–Crippen LogP) is 3.14. The van der Waals surface area contributed by atoms with E-state index >= 15 is 0 Å². The molecule has 0 aromatic rings. The Morgan fingerprint density at radius 2 is 2.00 bits per heavy atom. The van der Waals surface area contributed by atoms with Gasteiger partial charge in [-0.2, -0.15) is 0 Å². The van der Waals surface area contributed by atoms with Crippen LogP contribution in [0, 0.1) is 6.58 Å². The molecular weight excluding hydrogens is 318 g/mol. The van der Waals surface area contributed by atoms with Crippen LogP contribution in [-0.2, 0) is 27.7 Å². The summed E-state index contributed by atoms with van der Waals surface area (Å²) in [6.45, 7) is 11.5. The molecule has 16 heavy (non-hydrogen) atoms. The molecule has 0 bridgehead atoms. The van der Waals surface area contributed by atoms with Gasteiger partial charge in [0.15, 0.2) is 0 Å². The average molecular weight is 335 g/mol. The third-order valence-corrected chi connectivity index (χ3v) is 3.04. The number of hydrogen-bond acceptors (Lipinski definition) is 2. The molecule has 1 atom stereocenters. The van der Waals surface area contributed by atoms with Gasteiger partial charge in [-0.25, -0.2) is 0 Å². The molecule has 0 radical (unpaired) electrons. The number of allylic oxidation sites excluding steroid dienone is 1. The van der Waals surface area contributed by atoms with Crippen LogP contribution >= 0.6 is 9.53 Å². The van der Waals surface area contributed by atoms with Crippen LogP contribution in [0.5, 0.6) is 0 Å². The fourth-order valence-corrected chi connectivity index (χ4v) is 1.99. The van der Waals surface area contributed by atoms with E-state index < -0.39 is 5.60 Å². The number of Topliss-reactive ketones (excluding diaryl/α,β-unsaturated/α-hetero) is 1. The van der Waals surface area contributed by atoms with E-state index in [0.29, 0.717) is 5.57 Å². The van der Waals surface area contributed by atoms with Crippen LogP contribution in [0.1, 0.15) is 33.6 Å². The Balaban J connectivity index is 0.00000106. The summed E-state index contributed by atoms with van der Waals surface area (Å²) in [5, 5.41) is 0. The van der Waals surface area contributed by atoms with Crippen LogP contribution in [0.15, 0.2) is 16.7 Å². The maximum atomic E-state index is 11.7. The van der Waals surface area contributed by atoms with Crippen LogP contribution in [0.4, 0.5) is 0 Å². The molecule has 4 heteroatoms. The Hall–Kier alpha value is 0.0623. The van der Waals surface area contributed by atoms with E-state index in [-0.39, 0.29) is 5.78 Å². The van der Waals surface area contributed by atoms with E-state index in [2.05, 4.69) is 34.6 Å². The van der Waals surface area contributed by atoms with Gasteiger partial charge in [-0.3, -0.25) is 6.58 Å². The normalized spacial score (nSPS) is 24.7. The number of carbonyl (C=O) groups excluding carboxylic acids is 1. The van der Waals surface area contributed by atoms with E-state index in [4.69, 9.17) is 11.3 Å². The van der Waals surface area contributed by atoms with Gasteiger partial charge in [-0.05, 0) is 18.9 Å². The number of carbonyl (C=O) groups is 1. The van der Waals surface area contributed by atoms with Crippen molar-refractivity contribution in [2.24, 2.45) is 0 Å². The number of methoxy groups -OCH3 is 1. The summed E-state index contributed by atoms with van der Waals surface area (Å²) in [5.74, 6) is -0.0576. The first-order chi connectivity index (χ1) is 7.49. The van der Waals surface area contributed by atoms with E-state index in [1.54, 1.807) is 7.11 Å². The number of hydrogen-bond donors (Lipinski definition) is 0. The van der Waals surface area contributed by atoms with E-state index in [9.17, 15) is 4.79 Å². The molecule has 1 aliphatic carbocycles. The number of rotatable bonds is 3. The molecule has 1 rings (SSSR count). The quantitative estimate of drug-likeness (QED) is 0.450. The van der Waals surface area contributed by atoms with E-state index in [0.717, 1.165) is 24.0 Å². The van der Waals surface area contributed by atoms with Crippen molar-refractivity contribution >= 4 is 15.3 Å². The number of ether oxygens (including phenoxy) is 1. The van der Waals surface area contributed by atoms with Gasteiger partial charge in [0.2, 0.25) is 0 Å². The Bertz CT molecular complexity index is 323. The van der Waals surface area contributed by atoms with Crippen LogP contribution in [-0.4, -0.2) is 18.5 Å². The summed E-state index contributed by atoms with van der Waals surface area (Å²) >= 11 is 2.22. The Morgan fingerprint density at radius 1 is 1.50 bits per heavy atom. The molecule has 0 heterocycles. The van der Waals surface area contributed by atoms with Crippen molar-refractivity contribution < 1.29 is 27.7 Å². The Morgan fingerprint density at radius 3 is 2.38 bits per heavy atom. The zero-order valence-electron chi connectivity index (χ0n) is 10.0. The molecule has 0 aliphatic heterocycles. The molecule has 0 spiro atoms.